The van der Waals surface area contributed by atoms with Crippen molar-refractivity contribution in [1.29, 1.82) is 5.26 Å². The average molecular weight is 281 g/mol. The number of likely N-dealkylation sites (tertiary alicyclic amines) is 1. The molecule has 19 heavy (non-hydrogen) atoms. The summed E-state index contributed by atoms with van der Waals surface area (Å²) in [7, 11) is 0. The van der Waals surface area contributed by atoms with Crippen LogP contribution in [-0.4, -0.2) is 23.4 Å². The van der Waals surface area contributed by atoms with Crippen LogP contribution in [0.1, 0.15) is 24.8 Å². The second-order valence-electron chi connectivity index (χ2n) is 4.60. The van der Waals surface area contributed by atoms with Gasteiger partial charge >= 0.3 is 0 Å². The average Bonchev–Trinajstić information content (AvgIpc) is 2.42. The van der Waals surface area contributed by atoms with E-state index in [2.05, 4.69) is 6.07 Å². The van der Waals surface area contributed by atoms with Gasteiger partial charge in [0.2, 0.25) is 5.91 Å². The number of carbonyl (C=O) groups excluding carboxylic acids is 1. The van der Waals surface area contributed by atoms with Crippen LogP contribution >= 0.6 is 11.6 Å². The number of amides is 1. The third-order valence-electron chi connectivity index (χ3n) is 3.36. The maximum absolute atomic E-state index is 13.6. The van der Waals surface area contributed by atoms with E-state index in [1.165, 1.54) is 17.0 Å². The zero-order valence-electron chi connectivity index (χ0n) is 10.4. The molecule has 5 heteroatoms. The van der Waals surface area contributed by atoms with Gasteiger partial charge in [0.1, 0.15) is 11.9 Å². The molecule has 1 aliphatic rings. The Kier molecular flexibility index (Phi) is 4.39. The van der Waals surface area contributed by atoms with Crippen molar-refractivity contribution in [3.05, 3.63) is 34.6 Å². The van der Waals surface area contributed by atoms with Crippen molar-refractivity contribution in [3.8, 4) is 6.07 Å². The van der Waals surface area contributed by atoms with Crippen molar-refractivity contribution >= 4 is 17.5 Å². The van der Waals surface area contributed by atoms with Crippen LogP contribution in [0.2, 0.25) is 5.02 Å². The number of nitrogens with zero attached hydrogens (tertiary/aromatic N) is 2. The first kappa shape index (κ1) is 13.8. The quantitative estimate of drug-likeness (QED) is 0.836. The molecule has 1 atom stereocenters. The van der Waals surface area contributed by atoms with Gasteiger partial charge in [-0.25, -0.2) is 4.39 Å². The number of benzene rings is 1. The Morgan fingerprint density at radius 1 is 1.53 bits per heavy atom. The minimum absolute atomic E-state index is 0.0936. The SMILES string of the molecule is N#CC1CCCCN1C(=O)Cc1c(F)cccc1Cl. The van der Waals surface area contributed by atoms with E-state index in [-0.39, 0.29) is 22.9 Å². The highest BCUT2D eigenvalue weighted by atomic mass is 35.5. The smallest absolute Gasteiger partial charge is 0.228 e. The number of nitriles is 1. The minimum atomic E-state index is -0.480. The lowest BCUT2D eigenvalue weighted by Crippen LogP contribution is -2.43. The monoisotopic (exact) mass is 280 g/mol. The normalized spacial score (nSPS) is 19.0. The van der Waals surface area contributed by atoms with Crippen molar-refractivity contribution in [2.45, 2.75) is 31.7 Å². The van der Waals surface area contributed by atoms with E-state index in [9.17, 15) is 9.18 Å². The number of hydrogen-bond donors (Lipinski definition) is 0. The molecule has 0 bridgehead atoms. The first-order valence-electron chi connectivity index (χ1n) is 6.25. The van der Waals surface area contributed by atoms with Gasteiger partial charge in [-0.1, -0.05) is 17.7 Å². The Hall–Kier alpha value is -1.60. The predicted octanol–water partition coefficient (Wildman–Crippen LogP) is 2.93. The highest BCUT2D eigenvalue weighted by Crippen LogP contribution is 2.22. The van der Waals surface area contributed by atoms with Gasteiger partial charge < -0.3 is 4.90 Å². The fourth-order valence-electron chi connectivity index (χ4n) is 2.32. The Labute approximate surface area is 116 Å². The fourth-order valence-corrected chi connectivity index (χ4v) is 2.55. The standard InChI is InChI=1S/C14H14ClFN2O/c15-12-5-3-6-13(16)11(12)8-14(19)18-7-2-1-4-10(18)9-17/h3,5-6,10H,1-2,4,7-8H2. The summed E-state index contributed by atoms with van der Waals surface area (Å²) in [5, 5.41) is 9.29. The van der Waals surface area contributed by atoms with Gasteiger partial charge in [-0.05, 0) is 31.4 Å². The summed E-state index contributed by atoms with van der Waals surface area (Å²) in [6.07, 6.45) is 2.42. The van der Waals surface area contributed by atoms with Crippen LogP contribution in [0.4, 0.5) is 4.39 Å². The summed E-state index contributed by atoms with van der Waals surface area (Å²) in [4.78, 5) is 13.7. The summed E-state index contributed by atoms with van der Waals surface area (Å²) in [6.45, 7) is 0.559. The molecule has 0 radical (unpaired) electrons. The summed E-state index contributed by atoms with van der Waals surface area (Å²) in [5.74, 6) is -0.718. The second-order valence-corrected chi connectivity index (χ2v) is 5.01. The molecule has 1 aromatic carbocycles. The summed E-state index contributed by atoms with van der Waals surface area (Å²) >= 11 is 5.91. The van der Waals surface area contributed by atoms with Gasteiger partial charge in [-0.15, -0.1) is 0 Å². The largest absolute Gasteiger partial charge is 0.326 e. The highest BCUT2D eigenvalue weighted by Gasteiger charge is 2.27. The van der Waals surface area contributed by atoms with Crippen LogP contribution in [0.3, 0.4) is 0 Å². The first-order valence-corrected chi connectivity index (χ1v) is 6.63. The molecule has 3 nitrogen and oxygen atoms in total. The zero-order chi connectivity index (χ0) is 13.8. The minimum Gasteiger partial charge on any atom is -0.326 e. The van der Waals surface area contributed by atoms with Crippen molar-refractivity contribution in [2.24, 2.45) is 0 Å². The molecule has 1 unspecified atom stereocenters. The molecule has 0 N–H and O–H groups in total. The molecule has 100 valence electrons. The zero-order valence-corrected chi connectivity index (χ0v) is 11.2. The number of piperidine rings is 1. The Balaban J connectivity index is 2.14. The second kappa shape index (κ2) is 6.03. The lowest BCUT2D eigenvalue weighted by atomic mass is 10.0. The van der Waals surface area contributed by atoms with Crippen LogP contribution in [0.25, 0.3) is 0 Å². The Morgan fingerprint density at radius 3 is 3.00 bits per heavy atom. The van der Waals surface area contributed by atoms with E-state index in [1.54, 1.807) is 6.07 Å². The van der Waals surface area contributed by atoms with Crippen LogP contribution in [0.15, 0.2) is 18.2 Å². The van der Waals surface area contributed by atoms with Crippen molar-refractivity contribution < 1.29 is 9.18 Å². The third-order valence-corrected chi connectivity index (χ3v) is 3.72. The molecular formula is C14H14ClFN2O. The molecule has 1 saturated heterocycles. The molecule has 1 heterocycles. The number of carbonyl (C=O) groups is 1. The molecule has 0 saturated carbocycles. The summed E-state index contributed by atoms with van der Waals surface area (Å²) in [6, 6.07) is 6.08. The van der Waals surface area contributed by atoms with Crippen molar-refractivity contribution in [1.82, 2.24) is 4.90 Å². The van der Waals surface area contributed by atoms with Crippen LogP contribution < -0.4 is 0 Å². The van der Waals surface area contributed by atoms with E-state index >= 15 is 0 Å². The van der Waals surface area contributed by atoms with Crippen molar-refractivity contribution in [3.63, 3.8) is 0 Å². The van der Waals surface area contributed by atoms with E-state index in [1.807, 2.05) is 0 Å². The van der Waals surface area contributed by atoms with Crippen LogP contribution in [-0.2, 0) is 11.2 Å². The lowest BCUT2D eigenvalue weighted by Gasteiger charge is -2.31. The van der Waals surface area contributed by atoms with Crippen LogP contribution in [0, 0.1) is 17.1 Å². The van der Waals surface area contributed by atoms with E-state index in [0.29, 0.717) is 13.0 Å². The van der Waals surface area contributed by atoms with E-state index in [0.717, 1.165) is 12.8 Å². The number of hydrogen-bond acceptors (Lipinski definition) is 2. The Morgan fingerprint density at radius 2 is 2.32 bits per heavy atom. The van der Waals surface area contributed by atoms with Gasteiger partial charge in [0.05, 0.1) is 12.5 Å². The van der Waals surface area contributed by atoms with E-state index < -0.39 is 11.9 Å². The maximum Gasteiger partial charge on any atom is 0.228 e. The van der Waals surface area contributed by atoms with Gasteiger partial charge in [0.25, 0.3) is 0 Å². The highest BCUT2D eigenvalue weighted by molar-refractivity contribution is 6.31. The lowest BCUT2D eigenvalue weighted by molar-refractivity contribution is -0.132. The number of halogens is 2. The molecule has 1 fully saturated rings. The maximum atomic E-state index is 13.6. The summed E-state index contributed by atoms with van der Waals surface area (Å²) < 4.78 is 13.6. The molecule has 1 aromatic rings. The van der Waals surface area contributed by atoms with Crippen molar-refractivity contribution in [2.75, 3.05) is 6.54 Å². The third kappa shape index (κ3) is 3.05. The molecule has 0 spiro atoms. The van der Waals surface area contributed by atoms with Gasteiger partial charge in [0, 0.05) is 17.1 Å². The molecule has 0 aromatic heterocycles. The fraction of sp³-hybridized carbons (Fsp3) is 0.429. The molecule has 2 rings (SSSR count). The molecule has 0 aliphatic carbocycles. The first-order chi connectivity index (χ1) is 9.13. The summed E-state index contributed by atoms with van der Waals surface area (Å²) in [5.41, 5.74) is 0.205. The molecule has 1 amide bonds. The van der Waals surface area contributed by atoms with Gasteiger partial charge in [-0.2, -0.15) is 5.26 Å². The predicted molar refractivity (Wildman–Crippen MR) is 70.1 cm³/mol. The Bertz CT molecular complexity index is 506. The topological polar surface area (TPSA) is 44.1 Å². The van der Waals surface area contributed by atoms with Gasteiger partial charge in [-0.3, -0.25) is 4.79 Å². The molecular weight excluding hydrogens is 267 g/mol. The molecule has 1 aliphatic heterocycles. The van der Waals surface area contributed by atoms with E-state index in [4.69, 9.17) is 16.9 Å². The van der Waals surface area contributed by atoms with Crippen LogP contribution in [0.5, 0.6) is 0 Å². The van der Waals surface area contributed by atoms with Gasteiger partial charge in [0.15, 0.2) is 0 Å². The number of rotatable bonds is 2.